The molecule has 0 aliphatic carbocycles. The molecular weight excluding hydrogens is 266 g/mol. The molecule has 6 heteroatoms. The van der Waals surface area contributed by atoms with Crippen LogP contribution >= 0.6 is 15.9 Å². The van der Waals surface area contributed by atoms with Crippen molar-refractivity contribution in [2.24, 2.45) is 0 Å². The third-order valence-electron chi connectivity index (χ3n) is 1.62. The van der Waals surface area contributed by atoms with Gasteiger partial charge in [0.2, 0.25) is 0 Å². The van der Waals surface area contributed by atoms with Gasteiger partial charge < -0.3 is 9.47 Å². The van der Waals surface area contributed by atoms with E-state index < -0.39 is 11.9 Å². The third-order valence-corrected chi connectivity index (χ3v) is 2.26. The van der Waals surface area contributed by atoms with E-state index in [1.165, 1.54) is 26.4 Å². The van der Waals surface area contributed by atoms with E-state index in [1.807, 2.05) is 0 Å². The lowest BCUT2D eigenvalue weighted by molar-refractivity contribution is 0.0585. The highest BCUT2D eigenvalue weighted by Crippen LogP contribution is 2.16. The lowest BCUT2D eigenvalue weighted by Gasteiger charge is -2.03. The normalized spacial score (nSPS) is 9.53. The Morgan fingerprint density at radius 3 is 2.33 bits per heavy atom. The van der Waals surface area contributed by atoms with Crippen LogP contribution in [-0.4, -0.2) is 31.1 Å². The van der Waals surface area contributed by atoms with E-state index in [-0.39, 0.29) is 11.4 Å². The number of pyridine rings is 1. The number of halogens is 1. The molecule has 0 saturated carbocycles. The summed E-state index contributed by atoms with van der Waals surface area (Å²) in [6.45, 7) is 0. The van der Waals surface area contributed by atoms with Crippen LogP contribution in [0.15, 0.2) is 16.6 Å². The maximum absolute atomic E-state index is 11.2. The summed E-state index contributed by atoms with van der Waals surface area (Å²) in [5.41, 5.74) is 0.0986. The molecule has 0 atom stereocenters. The molecule has 0 radical (unpaired) electrons. The number of aromatic nitrogens is 1. The average Bonchev–Trinajstić information content (AvgIpc) is 2.27. The van der Waals surface area contributed by atoms with E-state index >= 15 is 0 Å². The van der Waals surface area contributed by atoms with Gasteiger partial charge in [0.05, 0.1) is 18.7 Å². The van der Waals surface area contributed by atoms with Crippen molar-refractivity contribution in [2.45, 2.75) is 0 Å². The summed E-state index contributed by atoms with van der Waals surface area (Å²) in [4.78, 5) is 26.2. The number of nitrogens with zero attached hydrogens (tertiary/aromatic N) is 1. The van der Waals surface area contributed by atoms with Crippen molar-refractivity contribution in [1.82, 2.24) is 4.98 Å². The van der Waals surface area contributed by atoms with Gasteiger partial charge in [0, 0.05) is 0 Å². The van der Waals surface area contributed by atoms with Crippen molar-refractivity contribution in [3.8, 4) is 0 Å². The summed E-state index contributed by atoms with van der Waals surface area (Å²) in [6, 6.07) is 2.98. The van der Waals surface area contributed by atoms with Gasteiger partial charge in [-0.3, -0.25) is 0 Å². The number of methoxy groups -OCH3 is 2. The maximum Gasteiger partial charge on any atom is 0.357 e. The highest BCUT2D eigenvalue weighted by molar-refractivity contribution is 9.10. The molecule has 0 aliphatic heterocycles. The first-order chi connectivity index (χ1) is 7.10. The minimum absolute atomic E-state index is 0.0420. The molecule has 1 aromatic rings. The summed E-state index contributed by atoms with van der Waals surface area (Å²) in [7, 11) is 2.48. The molecule has 0 N–H and O–H groups in total. The molecule has 0 aliphatic rings. The predicted molar refractivity (Wildman–Crippen MR) is 54.6 cm³/mol. The zero-order chi connectivity index (χ0) is 11.4. The summed E-state index contributed by atoms with van der Waals surface area (Å²) in [6.07, 6.45) is 0. The second-order valence-corrected chi connectivity index (χ2v) is 3.36. The predicted octanol–water partition coefficient (Wildman–Crippen LogP) is 1.42. The largest absolute Gasteiger partial charge is 0.464 e. The van der Waals surface area contributed by atoms with Gasteiger partial charge in [-0.2, -0.15) is 0 Å². The number of carbonyl (C=O) groups is 2. The van der Waals surface area contributed by atoms with Gasteiger partial charge >= 0.3 is 11.9 Å². The number of ether oxygens (including phenoxy) is 2. The van der Waals surface area contributed by atoms with Crippen LogP contribution in [-0.2, 0) is 9.47 Å². The average molecular weight is 274 g/mol. The Labute approximate surface area is 94.5 Å². The van der Waals surface area contributed by atoms with Crippen molar-refractivity contribution in [2.75, 3.05) is 14.2 Å². The van der Waals surface area contributed by atoms with Crippen LogP contribution in [0.2, 0.25) is 0 Å². The van der Waals surface area contributed by atoms with Gasteiger partial charge in [-0.1, -0.05) is 0 Å². The Morgan fingerprint density at radius 2 is 1.80 bits per heavy atom. The van der Waals surface area contributed by atoms with E-state index in [0.717, 1.165) is 0 Å². The summed E-state index contributed by atoms with van der Waals surface area (Å²) < 4.78 is 9.44. The van der Waals surface area contributed by atoms with Crippen molar-refractivity contribution < 1.29 is 19.1 Å². The fourth-order valence-corrected chi connectivity index (χ4v) is 1.28. The van der Waals surface area contributed by atoms with E-state index in [1.54, 1.807) is 0 Å². The van der Waals surface area contributed by atoms with Gasteiger partial charge in [0.25, 0.3) is 0 Å². The lowest BCUT2D eigenvalue weighted by Crippen LogP contribution is -2.11. The van der Waals surface area contributed by atoms with Crippen molar-refractivity contribution in [1.29, 1.82) is 0 Å². The Kier molecular flexibility index (Phi) is 3.79. The molecule has 15 heavy (non-hydrogen) atoms. The quantitative estimate of drug-likeness (QED) is 0.763. The SMILES string of the molecule is COC(=O)c1ccc(Br)c(C(=O)OC)n1. The molecule has 1 heterocycles. The van der Waals surface area contributed by atoms with Gasteiger partial charge in [0.15, 0.2) is 5.69 Å². The molecule has 0 fully saturated rings. The van der Waals surface area contributed by atoms with Crippen LogP contribution in [0.3, 0.4) is 0 Å². The first kappa shape index (κ1) is 11.6. The Bertz CT molecular complexity index is 405. The molecule has 0 bridgehead atoms. The van der Waals surface area contributed by atoms with Crippen LogP contribution in [0.25, 0.3) is 0 Å². The minimum atomic E-state index is -0.618. The van der Waals surface area contributed by atoms with E-state index in [0.29, 0.717) is 4.47 Å². The van der Waals surface area contributed by atoms with E-state index in [2.05, 4.69) is 30.4 Å². The number of esters is 2. The van der Waals surface area contributed by atoms with Crippen LogP contribution in [0.5, 0.6) is 0 Å². The molecule has 0 spiro atoms. The van der Waals surface area contributed by atoms with Gasteiger partial charge in [-0.15, -0.1) is 0 Å². The Hall–Kier alpha value is -1.43. The van der Waals surface area contributed by atoms with Gasteiger partial charge in [-0.05, 0) is 28.1 Å². The molecule has 0 amide bonds. The Morgan fingerprint density at radius 1 is 1.20 bits per heavy atom. The molecule has 1 rings (SSSR count). The van der Waals surface area contributed by atoms with Crippen molar-refractivity contribution >= 4 is 27.9 Å². The number of hydrogen-bond donors (Lipinski definition) is 0. The summed E-state index contributed by atoms with van der Waals surface area (Å²) >= 11 is 3.13. The standard InChI is InChI=1S/C9H8BrNO4/c1-14-8(12)6-4-3-5(10)7(11-6)9(13)15-2/h3-4H,1-2H3. The fraction of sp³-hybridized carbons (Fsp3) is 0.222. The molecule has 0 saturated heterocycles. The van der Waals surface area contributed by atoms with Crippen LogP contribution in [0.1, 0.15) is 21.0 Å². The third kappa shape index (κ3) is 2.53. The summed E-state index contributed by atoms with van der Waals surface area (Å²) in [5.74, 6) is -1.22. The van der Waals surface area contributed by atoms with Crippen LogP contribution in [0.4, 0.5) is 0 Å². The van der Waals surface area contributed by atoms with E-state index in [4.69, 9.17) is 0 Å². The van der Waals surface area contributed by atoms with Crippen LogP contribution < -0.4 is 0 Å². The number of rotatable bonds is 2. The molecule has 5 nitrogen and oxygen atoms in total. The molecular formula is C9H8BrNO4. The summed E-state index contributed by atoms with van der Waals surface area (Å²) in [5, 5.41) is 0. The fourth-order valence-electron chi connectivity index (χ4n) is 0.900. The first-order valence-corrected chi connectivity index (χ1v) is 4.72. The van der Waals surface area contributed by atoms with E-state index in [9.17, 15) is 9.59 Å². The molecule has 1 aromatic heterocycles. The monoisotopic (exact) mass is 273 g/mol. The van der Waals surface area contributed by atoms with Gasteiger partial charge in [-0.25, -0.2) is 14.6 Å². The molecule has 0 unspecified atom stereocenters. The zero-order valence-corrected chi connectivity index (χ0v) is 9.70. The number of hydrogen-bond acceptors (Lipinski definition) is 5. The van der Waals surface area contributed by atoms with Gasteiger partial charge in [0.1, 0.15) is 5.69 Å². The topological polar surface area (TPSA) is 65.5 Å². The zero-order valence-electron chi connectivity index (χ0n) is 8.11. The second-order valence-electron chi connectivity index (χ2n) is 2.51. The molecule has 0 aromatic carbocycles. The Balaban J connectivity index is 3.16. The second kappa shape index (κ2) is 4.88. The van der Waals surface area contributed by atoms with Crippen molar-refractivity contribution in [3.63, 3.8) is 0 Å². The minimum Gasteiger partial charge on any atom is -0.464 e. The van der Waals surface area contributed by atoms with Crippen molar-refractivity contribution in [3.05, 3.63) is 28.0 Å². The lowest BCUT2D eigenvalue weighted by atomic mass is 10.3. The first-order valence-electron chi connectivity index (χ1n) is 3.93. The molecule has 80 valence electrons. The van der Waals surface area contributed by atoms with Crippen LogP contribution in [0, 0.1) is 0 Å². The number of carbonyl (C=O) groups excluding carboxylic acids is 2. The highest BCUT2D eigenvalue weighted by Gasteiger charge is 2.16. The maximum atomic E-state index is 11.2. The smallest absolute Gasteiger partial charge is 0.357 e. The highest BCUT2D eigenvalue weighted by atomic mass is 79.9.